The summed E-state index contributed by atoms with van der Waals surface area (Å²) in [6, 6.07) is 12.9. The fourth-order valence-electron chi connectivity index (χ4n) is 3.89. The number of carbonyl (C=O) groups is 2. The van der Waals surface area contributed by atoms with Crippen molar-refractivity contribution in [1.82, 2.24) is 10.2 Å². The smallest absolute Gasteiger partial charge is 0.355 e. The van der Waals surface area contributed by atoms with Crippen LogP contribution < -0.4 is 9.62 Å². The monoisotopic (exact) mass is 649 g/mol. The minimum absolute atomic E-state index is 0.194. The van der Waals surface area contributed by atoms with Crippen LogP contribution in [0.15, 0.2) is 71.6 Å². The van der Waals surface area contributed by atoms with Crippen molar-refractivity contribution < 1.29 is 31.2 Å². The number of likely N-dealkylation sites (N-methyl/N-ethyl adjacent to an activating group) is 1. The molecule has 0 bridgehead atoms. The summed E-state index contributed by atoms with van der Waals surface area (Å²) < 4.78 is 69.1. The molecule has 14 heteroatoms. The molecule has 2 amide bonds. The van der Waals surface area contributed by atoms with Gasteiger partial charge in [0.25, 0.3) is 10.0 Å². The van der Waals surface area contributed by atoms with E-state index < -0.39 is 56.9 Å². The third-order valence-electron chi connectivity index (χ3n) is 6.06. The number of carbonyl (C=O) groups excluding carboxylic acids is 2. The van der Waals surface area contributed by atoms with Gasteiger partial charge in [-0.1, -0.05) is 59.1 Å². The molecule has 220 valence electrons. The molecule has 0 aliphatic heterocycles. The maximum absolute atomic E-state index is 13.8. The lowest BCUT2D eigenvalue weighted by atomic mass is 10.1. The molecule has 0 aromatic heterocycles. The molecule has 0 radical (unpaired) electrons. The van der Waals surface area contributed by atoms with E-state index in [1.165, 1.54) is 43.3 Å². The summed E-state index contributed by atoms with van der Waals surface area (Å²) >= 11 is 18.4. The Morgan fingerprint density at radius 3 is 2.10 bits per heavy atom. The summed E-state index contributed by atoms with van der Waals surface area (Å²) in [7, 11) is -4.58. The number of alkyl halides is 3. The molecule has 0 aliphatic carbocycles. The van der Waals surface area contributed by atoms with E-state index in [1.54, 1.807) is 19.1 Å². The van der Waals surface area contributed by atoms with Gasteiger partial charge in [-0.2, -0.15) is 13.2 Å². The summed E-state index contributed by atoms with van der Waals surface area (Å²) in [5.41, 5.74) is -1.45. The Morgan fingerprint density at radius 2 is 1.54 bits per heavy atom. The standard InChI is InChI=1S/C27H25Cl3F3N3O4S/c1-3-34-26(38)17(2)35(15-20-22(28)10-7-11-23(20)29)25(37)16-36(41(39,40)19-8-5-4-6-9-19)18-12-13-24(30)21(14-18)27(31,32)33/h4-14,17H,3,15-16H2,1-2H3,(H,34,38). The number of halogens is 6. The second kappa shape index (κ2) is 13.3. The van der Waals surface area contributed by atoms with Crippen LogP contribution in [0.4, 0.5) is 18.9 Å². The van der Waals surface area contributed by atoms with Gasteiger partial charge < -0.3 is 10.2 Å². The first-order chi connectivity index (χ1) is 19.2. The van der Waals surface area contributed by atoms with Crippen LogP contribution in [0, 0.1) is 0 Å². The largest absolute Gasteiger partial charge is 0.417 e. The number of amides is 2. The van der Waals surface area contributed by atoms with Crippen molar-refractivity contribution in [3.05, 3.63) is 92.9 Å². The lowest BCUT2D eigenvalue weighted by molar-refractivity contribution is -0.139. The van der Waals surface area contributed by atoms with E-state index in [0.29, 0.717) is 15.9 Å². The first-order valence-electron chi connectivity index (χ1n) is 12.1. The van der Waals surface area contributed by atoms with E-state index in [0.717, 1.165) is 17.0 Å². The van der Waals surface area contributed by atoms with Crippen molar-refractivity contribution in [2.75, 3.05) is 17.4 Å². The predicted octanol–water partition coefficient (Wildman–Crippen LogP) is 6.41. The van der Waals surface area contributed by atoms with Crippen LogP contribution in [0.25, 0.3) is 0 Å². The highest BCUT2D eigenvalue weighted by Gasteiger charge is 2.37. The van der Waals surface area contributed by atoms with Crippen LogP contribution in [0.3, 0.4) is 0 Å². The molecule has 41 heavy (non-hydrogen) atoms. The van der Waals surface area contributed by atoms with E-state index in [2.05, 4.69) is 5.32 Å². The van der Waals surface area contributed by atoms with Gasteiger partial charge in [0.15, 0.2) is 0 Å². The zero-order valence-corrected chi connectivity index (χ0v) is 24.8. The van der Waals surface area contributed by atoms with Gasteiger partial charge in [0, 0.05) is 28.7 Å². The fourth-order valence-corrected chi connectivity index (χ4v) is 6.06. The van der Waals surface area contributed by atoms with Gasteiger partial charge in [-0.05, 0) is 56.3 Å². The summed E-state index contributed by atoms with van der Waals surface area (Å²) in [4.78, 5) is 27.4. The molecule has 0 spiro atoms. The highest BCUT2D eigenvalue weighted by atomic mass is 35.5. The van der Waals surface area contributed by atoms with Crippen LogP contribution >= 0.6 is 34.8 Å². The Morgan fingerprint density at radius 1 is 0.927 bits per heavy atom. The van der Waals surface area contributed by atoms with E-state index in [4.69, 9.17) is 34.8 Å². The van der Waals surface area contributed by atoms with Gasteiger partial charge in [0.2, 0.25) is 11.8 Å². The minimum Gasteiger partial charge on any atom is -0.355 e. The van der Waals surface area contributed by atoms with Gasteiger partial charge in [-0.15, -0.1) is 0 Å². The molecule has 3 aromatic rings. The van der Waals surface area contributed by atoms with Crippen LogP contribution in [0.5, 0.6) is 0 Å². The number of benzene rings is 3. The summed E-state index contributed by atoms with van der Waals surface area (Å²) in [5, 5.41) is 2.34. The lowest BCUT2D eigenvalue weighted by Crippen LogP contribution is -2.51. The van der Waals surface area contributed by atoms with Crippen LogP contribution in [-0.2, 0) is 32.3 Å². The molecule has 0 heterocycles. The van der Waals surface area contributed by atoms with Gasteiger partial charge in [0.1, 0.15) is 12.6 Å². The Bertz CT molecular complexity index is 1500. The summed E-state index contributed by atoms with van der Waals surface area (Å²) in [6.45, 7) is 2.10. The number of hydrogen-bond donors (Lipinski definition) is 1. The number of hydrogen-bond acceptors (Lipinski definition) is 4. The zero-order chi connectivity index (χ0) is 30.5. The van der Waals surface area contributed by atoms with Crippen molar-refractivity contribution >= 4 is 62.3 Å². The maximum atomic E-state index is 13.8. The molecule has 0 saturated heterocycles. The molecule has 0 fully saturated rings. The fraction of sp³-hybridized carbons (Fsp3) is 0.259. The van der Waals surface area contributed by atoms with Crippen LogP contribution in [0.1, 0.15) is 25.0 Å². The Balaban J connectivity index is 2.14. The number of rotatable bonds is 10. The molecule has 3 aromatic carbocycles. The predicted molar refractivity (Wildman–Crippen MR) is 153 cm³/mol. The second-order valence-corrected chi connectivity index (χ2v) is 11.9. The lowest BCUT2D eigenvalue weighted by Gasteiger charge is -2.32. The normalized spacial score (nSPS) is 12.5. The van der Waals surface area contributed by atoms with E-state index in [-0.39, 0.29) is 28.0 Å². The molecule has 1 atom stereocenters. The molecule has 1 unspecified atom stereocenters. The molecule has 7 nitrogen and oxygen atoms in total. The minimum atomic E-state index is -4.90. The van der Waals surface area contributed by atoms with E-state index >= 15 is 0 Å². The van der Waals surface area contributed by atoms with Gasteiger partial charge in [-0.3, -0.25) is 13.9 Å². The van der Waals surface area contributed by atoms with Crippen LogP contribution in [0.2, 0.25) is 15.1 Å². The number of sulfonamides is 1. The van der Waals surface area contributed by atoms with Gasteiger partial charge >= 0.3 is 6.18 Å². The third-order valence-corrected chi connectivity index (χ3v) is 8.89. The van der Waals surface area contributed by atoms with Crippen molar-refractivity contribution in [3.63, 3.8) is 0 Å². The number of nitrogens with one attached hydrogen (secondary N) is 1. The molecular formula is C27H25Cl3F3N3O4S. The Labute approximate surface area is 250 Å². The highest BCUT2D eigenvalue weighted by molar-refractivity contribution is 7.92. The number of anilines is 1. The average molecular weight is 651 g/mol. The van der Waals surface area contributed by atoms with Crippen molar-refractivity contribution in [2.24, 2.45) is 0 Å². The van der Waals surface area contributed by atoms with E-state index in [9.17, 15) is 31.2 Å². The van der Waals surface area contributed by atoms with Gasteiger partial charge in [-0.25, -0.2) is 8.42 Å². The SMILES string of the molecule is CCNC(=O)C(C)N(Cc1c(Cl)cccc1Cl)C(=O)CN(c1ccc(Cl)c(C(F)(F)F)c1)S(=O)(=O)c1ccccc1. The highest BCUT2D eigenvalue weighted by Crippen LogP contribution is 2.38. The van der Waals surface area contributed by atoms with Crippen molar-refractivity contribution in [3.8, 4) is 0 Å². The van der Waals surface area contributed by atoms with Crippen molar-refractivity contribution in [1.29, 1.82) is 0 Å². The van der Waals surface area contributed by atoms with Gasteiger partial charge in [0.05, 0.1) is 21.2 Å². The van der Waals surface area contributed by atoms with E-state index in [1.807, 2.05) is 0 Å². The Hall–Kier alpha value is -2.99. The quantitative estimate of drug-likeness (QED) is 0.275. The summed E-state index contributed by atoms with van der Waals surface area (Å²) in [6.07, 6.45) is -4.90. The van der Waals surface area contributed by atoms with Crippen molar-refractivity contribution in [2.45, 2.75) is 37.5 Å². The number of nitrogens with zero attached hydrogens (tertiary/aromatic N) is 2. The zero-order valence-electron chi connectivity index (χ0n) is 21.8. The second-order valence-electron chi connectivity index (χ2n) is 8.78. The molecule has 1 N–H and O–H groups in total. The molecular weight excluding hydrogens is 626 g/mol. The maximum Gasteiger partial charge on any atom is 0.417 e. The third kappa shape index (κ3) is 7.65. The Kier molecular flexibility index (Phi) is 10.6. The van der Waals surface area contributed by atoms with Crippen LogP contribution in [-0.4, -0.2) is 44.3 Å². The first kappa shape index (κ1) is 32.5. The molecule has 0 saturated carbocycles. The molecule has 3 rings (SSSR count). The topological polar surface area (TPSA) is 86.8 Å². The summed E-state index contributed by atoms with van der Waals surface area (Å²) in [5.74, 6) is -1.45. The molecule has 0 aliphatic rings. The average Bonchev–Trinajstić information content (AvgIpc) is 2.91. The first-order valence-corrected chi connectivity index (χ1v) is 14.7.